The van der Waals surface area contributed by atoms with Crippen LogP contribution < -0.4 is 0 Å². The summed E-state index contributed by atoms with van der Waals surface area (Å²) in [6.07, 6.45) is 3.51. The van der Waals surface area contributed by atoms with Gasteiger partial charge in [-0.3, -0.25) is 4.98 Å². The van der Waals surface area contributed by atoms with Crippen molar-refractivity contribution in [2.45, 2.75) is 13.5 Å². The van der Waals surface area contributed by atoms with E-state index in [9.17, 15) is 0 Å². The lowest BCUT2D eigenvalue weighted by Crippen LogP contribution is -1.92. The maximum atomic E-state index is 5.26. The van der Waals surface area contributed by atoms with Crippen LogP contribution in [-0.2, 0) is 11.3 Å². The quantitative estimate of drug-likeness (QED) is 0.496. The Morgan fingerprint density at radius 2 is 2.17 bits per heavy atom. The summed E-state index contributed by atoms with van der Waals surface area (Å²) in [4.78, 5) is 3.91. The van der Waals surface area contributed by atoms with Gasteiger partial charge >= 0.3 is 0 Å². The Labute approximate surface area is 72.6 Å². The molecule has 0 atom stereocenters. The van der Waals surface area contributed by atoms with Crippen molar-refractivity contribution < 1.29 is 4.74 Å². The minimum Gasteiger partial charge on any atom is -0.364 e. The standard InChI is InChI=1S/C10H11NO/c1-2-3-8-12-9-10-4-6-11-7-5-10/h4-7H,8-9H2,1H3. The van der Waals surface area contributed by atoms with Crippen LogP contribution in [0.3, 0.4) is 0 Å². The highest BCUT2D eigenvalue weighted by Crippen LogP contribution is 1.97. The third kappa shape index (κ3) is 3.18. The molecule has 0 aliphatic rings. The highest BCUT2D eigenvalue weighted by molar-refractivity contribution is 5.08. The summed E-state index contributed by atoms with van der Waals surface area (Å²) >= 11 is 0. The average molecular weight is 161 g/mol. The number of ether oxygens (including phenoxy) is 1. The van der Waals surface area contributed by atoms with Gasteiger partial charge in [-0.15, -0.1) is 5.92 Å². The molecule has 0 amide bonds. The Bertz CT molecular complexity index is 271. The second-order valence-corrected chi connectivity index (χ2v) is 2.28. The smallest absolute Gasteiger partial charge is 0.108 e. The number of pyridine rings is 1. The van der Waals surface area contributed by atoms with Crippen LogP contribution in [0.5, 0.6) is 0 Å². The summed E-state index contributed by atoms with van der Waals surface area (Å²) in [5.41, 5.74) is 1.13. The fourth-order valence-corrected chi connectivity index (χ4v) is 0.771. The molecule has 1 aromatic rings. The van der Waals surface area contributed by atoms with Crippen LogP contribution in [0.2, 0.25) is 0 Å². The van der Waals surface area contributed by atoms with E-state index >= 15 is 0 Å². The van der Waals surface area contributed by atoms with Crippen LogP contribution in [0.1, 0.15) is 12.5 Å². The van der Waals surface area contributed by atoms with E-state index in [1.54, 1.807) is 19.3 Å². The van der Waals surface area contributed by atoms with Gasteiger partial charge in [0.15, 0.2) is 0 Å². The lowest BCUT2D eigenvalue weighted by Gasteiger charge is -1.98. The van der Waals surface area contributed by atoms with Gasteiger partial charge in [0.2, 0.25) is 0 Å². The van der Waals surface area contributed by atoms with Crippen LogP contribution in [-0.4, -0.2) is 11.6 Å². The molecule has 12 heavy (non-hydrogen) atoms. The molecule has 0 aromatic carbocycles. The van der Waals surface area contributed by atoms with Gasteiger partial charge in [0.25, 0.3) is 0 Å². The van der Waals surface area contributed by atoms with Crippen molar-refractivity contribution in [3.05, 3.63) is 30.1 Å². The summed E-state index contributed by atoms with van der Waals surface area (Å²) < 4.78 is 5.26. The van der Waals surface area contributed by atoms with E-state index in [0.717, 1.165) is 5.56 Å². The minimum absolute atomic E-state index is 0.499. The predicted octanol–water partition coefficient (Wildman–Crippen LogP) is 1.62. The molecule has 0 aliphatic carbocycles. The maximum absolute atomic E-state index is 5.26. The van der Waals surface area contributed by atoms with E-state index in [-0.39, 0.29) is 0 Å². The summed E-state index contributed by atoms with van der Waals surface area (Å²) in [7, 11) is 0. The number of hydrogen-bond donors (Lipinski definition) is 0. The molecule has 0 fully saturated rings. The monoisotopic (exact) mass is 161 g/mol. The van der Waals surface area contributed by atoms with Crippen LogP contribution in [0.25, 0.3) is 0 Å². The summed E-state index contributed by atoms with van der Waals surface area (Å²) in [5, 5.41) is 0. The minimum atomic E-state index is 0.499. The first-order valence-electron chi connectivity index (χ1n) is 3.79. The van der Waals surface area contributed by atoms with Gasteiger partial charge in [0, 0.05) is 12.4 Å². The Kier molecular flexibility index (Phi) is 3.90. The fourth-order valence-electron chi connectivity index (χ4n) is 0.771. The van der Waals surface area contributed by atoms with Crippen LogP contribution in [0.4, 0.5) is 0 Å². The van der Waals surface area contributed by atoms with Crippen molar-refractivity contribution in [1.82, 2.24) is 4.98 Å². The first-order chi connectivity index (χ1) is 5.93. The largest absolute Gasteiger partial charge is 0.364 e. The highest BCUT2D eigenvalue weighted by atomic mass is 16.5. The van der Waals surface area contributed by atoms with E-state index in [0.29, 0.717) is 13.2 Å². The van der Waals surface area contributed by atoms with Gasteiger partial charge in [-0.2, -0.15) is 0 Å². The molecule has 0 saturated heterocycles. The molecule has 0 saturated carbocycles. The molecule has 0 radical (unpaired) electrons. The van der Waals surface area contributed by atoms with E-state index in [1.807, 2.05) is 12.1 Å². The van der Waals surface area contributed by atoms with Gasteiger partial charge in [-0.1, -0.05) is 5.92 Å². The van der Waals surface area contributed by atoms with Gasteiger partial charge in [0.05, 0.1) is 6.61 Å². The molecule has 62 valence electrons. The predicted molar refractivity (Wildman–Crippen MR) is 47.3 cm³/mol. The van der Waals surface area contributed by atoms with Crippen molar-refractivity contribution in [1.29, 1.82) is 0 Å². The van der Waals surface area contributed by atoms with Crippen molar-refractivity contribution in [2.75, 3.05) is 6.61 Å². The third-order valence-electron chi connectivity index (χ3n) is 1.37. The van der Waals surface area contributed by atoms with E-state index in [4.69, 9.17) is 4.74 Å². The highest BCUT2D eigenvalue weighted by Gasteiger charge is 1.88. The second-order valence-electron chi connectivity index (χ2n) is 2.28. The van der Waals surface area contributed by atoms with Gasteiger partial charge < -0.3 is 4.74 Å². The lowest BCUT2D eigenvalue weighted by molar-refractivity contribution is 0.153. The zero-order valence-electron chi connectivity index (χ0n) is 7.08. The number of hydrogen-bond acceptors (Lipinski definition) is 2. The summed E-state index contributed by atoms with van der Waals surface area (Å²) in [5.74, 6) is 5.60. The Hall–Kier alpha value is -1.33. The van der Waals surface area contributed by atoms with Gasteiger partial charge in [-0.05, 0) is 24.6 Å². The van der Waals surface area contributed by atoms with E-state index in [1.165, 1.54) is 0 Å². The van der Waals surface area contributed by atoms with Crippen LogP contribution in [0, 0.1) is 11.8 Å². The average Bonchev–Trinajstić information content (AvgIpc) is 2.14. The van der Waals surface area contributed by atoms with Crippen molar-refractivity contribution in [2.24, 2.45) is 0 Å². The molecule has 1 heterocycles. The SMILES string of the molecule is CC#CCOCc1ccncc1. The molecular weight excluding hydrogens is 150 g/mol. The first kappa shape index (κ1) is 8.76. The second kappa shape index (κ2) is 5.34. The zero-order chi connectivity index (χ0) is 8.65. The normalized spacial score (nSPS) is 8.75. The molecule has 0 spiro atoms. The molecule has 1 aromatic heterocycles. The number of rotatable bonds is 3. The molecule has 2 nitrogen and oxygen atoms in total. The Morgan fingerprint density at radius 3 is 2.83 bits per heavy atom. The molecular formula is C10H11NO. The molecule has 2 heteroatoms. The van der Waals surface area contributed by atoms with Crippen molar-refractivity contribution >= 4 is 0 Å². The summed E-state index contributed by atoms with van der Waals surface area (Å²) in [6.45, 7) is 2.91. The number of nitrogens with zero attached hydrogens (tertiary/aromatic N) is 1. The zero-order valence-corrected chi connectivity index (χ0v) is 7.08. The van der Waals surface area contributed by atoms with Gasteiger partial charge in [0.1, 0.15) is 6.61 Å². The van der Waals surface area contributed by atoms with E-state index in [2.05, 4.69) is 16.8 Å². The fraction of sp³-hybridized carbons (Fsp3) is 0.300. The molecule has 0 aliphatic heterocycles. The lowest BCUT2D eigenvalue weighted by atomic mass is 10.3. The third-order valence-corrected chi connectivity index (χ3v) is 1.37. The van der Waals surface area contributed by atoms with Crippen LogP contribution in [0.15, 0.2) is 24.5 Å². The maximum Gasteiger partial charge on any atom is 0.108 e. The van der Waals surface area contributed by atoms with E-state index < -0.39 is 0 Å². The molecule has 0 bridgehead atoms. The Balaban J connectivity index is 2.27. The molecule has 1 rings (SSSR count). The summed E-state index contributed by atoms with van der Waals surface area (Å²) in [6, 6.07) is 3.86. The Morgan fingerprint density at radius 1 is 1.42 bits per heavy atom. The van der Waals surface area contributed by atoms with Crippen molar-refractivity contribution in [3.63, 3.8) is 0 Å². The topological polar surface area (TPSA) is 22.1 Å². The first-order valence-corrected chi connectivity index (χ1v) is 3.79. The van der Waals surface area contributed by atoms with Gasteiger partial charge in [-0.25, -0.2) is 0 Å². The molecule has 0 unspecified atom stereocenters. The number of aromatic nitrogens is 1. The molecule has 0 N–H and O–H groups in total. The van der Waals surface area contributed by atoms with Crippen LogP contribution >= 0.6 is 0 Å². The van der Waals surface area contributed by atoms with Crippen molar-refractivity contribution in [3.8, 4) is 11.8 Å².